The summed E-state index contributed by atoms with van der Waals surface area (Å²) < 4.78 is 23.8. The highest BCUT2D eigenvalue weighted by Crippen LogP contribution is 2.69. The van der Waals surface area contributed by atoms with Crippen molar-refractivity contribution < 1.29 is 39.0 Å². The van der Waals surface area contributed by atoms with E-state index in [9.17, 15) is 29.8 Å². The summed E-state index contributed by atoms with van der Waals surface area (Å²) >= 11 is 0. The predicted octanol–water partition coefficient (Wildman–Crippen LogP) is 6.52. The van der Waals surface area contributed by atoms with Gasteiger partial charge in [0.25, 0.3) is 11.5 Å². The molecule has 0 bridgehead atoms. The average molecular weight is 608 g/mol. The van der Waals surface area contributed by atoms with Crippen molar-refractivity contribution in [3.8, 4) is 0 Å². The van der Waals surface area contributed by atoms with Gasteiger partial charge in [0.2, 0.25) is 0 Å². The van der Waals surface area contributed by atoms with Crippen LogP contribution >= 0.6 is 8.03 Å². The van der Waals surface area contributed by atoms with Gasteiger partial charge in [0.05, 0.1) is 6.61 Å². The molecule has 1 heterocycles. The van der Waals surface area contributed by atoms with Crippen molar-refractivity contribution in [1.29, 1.82) is 0 Å². The van der Waals surface area contributed by atoms with Crippen molar-refractivity contribution in [1.82, 2.24) is 0 Å². The van der Waals surface area contributed by atoms with Gasteiger partial charge in [-0.3, -0.25) is 0 Å². The molecule has 2 unspecified atom stereocenters. The highest BCUT2D eigenvalue weighted by molar-refractivity contribution is 7.41. The molecule has 0 aromatic carbocycles. The Labute approximate surface area is 251 Å². The molecule has 8 nitrogen and oxygen atoms in total. The maximum atomic E-state index is 13.4. The molecule has 1 aliphatic heterocycles. The Balaban J connectivity index is 1.29. The molecular formula is C33H52O8P+. The summed E-state index contributed by atoms with van der Waals surface area (Å²) in [6, 6.07) is 0. The molecule has 0 aromatic rings. The van der Waals surface area contributed by atoms with Crippen LogP contribution in [-0.4, -0.2) is 50.6 Å². The lowest BCUT2D eigenvalue weighted by atomic mass is 9.47. The maximum Gasteiger partial charge on any atom is 0.592 e. The summed E-state index contributed by atoms with van der Waals surface area (Å²) in [7, 11) is -2.79. The standard InChI is InChI=1S/C33H51O8P/c1-19(2)7-6-8-20(3)23-11-12-24-22-10-9-21-17-33(38,16-15-31(21,4)25(22)13-14-32(23,24)5)42(39)41-29-27(36)30(37)40-28(29)26(35)18-34/h9,19-20,22-26,28,34-35,38H,6-8,10-18H2,1-5H3/p+1/t20-,22+,23-,24+,25+,26+,28-,31+,32-,33?/m1/s1. The summed E-state index contributed by atoms with van der Waals surface area (Å²) in [5.41, 5.74) is 1.45. The summed E-state index contributed by atoms with van der Waals surface area (Å²) in [5.74, 6) is 1.68. The molecule has 4 aliphatic carbocycles. The number of aliphatic hydroxyl groups is 4. The second-order valence-corrected chi connectivity index (χ2v) is 16.6. The van der Waals surface area contributed by atoms with E-state index in [0.717, 1.165) is 29.7 Å². The van der Waals surface area contributed by atoms with Crippen LogP contribution < -0.4 is 0 Å². The molecule has 0 spiro atoms. The number of cyclic esters (lactones) is 1. The first kappa shape index (κ1) is 31.9. The lowest BCUT2D eigenvalue weighted by Gasteiger charge is -2.58. The summed E-state index contributed by atoms with van der Waals surface area (Å²) in [4.78, 5) is 11.9. The molecule has 0 amide bonds. The van der Waals surface area contributed by atoms with E-state index < -0.39 is 49.7 Å². The Kier molecular flexibility index (Phi) is 8.97. The van der Waals surface area contributed by atoms with E-state index in [1.165, 1.54) is 44.9 Å². The Morgan fingerprint density at radius 3 is 2.52 bits per heavy atom. The Bertz CT molecular complexity index is 1130. The van der Waals surface area contributed by atoms with Gasteiger partial charge in [-0.2, -0.15) is 0 Å². The van der Waals surface area contributed by atoms with Crippen LogP contribution in [0.2, 0.25) is 0 Å². The topological polar surface area (TPSA) is 134 Å². The van der Waals surface area contributed by atoms with E-state index in [0.29, 0.717) is 29.6 Å². The number of carbonyl (C=O) groups excluding carboxylic acids is 1. The molecule has 4 N–H and O–H groups in total. The molecule has 5 rings (SSSR count). The minimum Gasteiger partial charge on any atom is -0.499 e. The quantitative estimate of drug-likeness (QED) is 0.125. The third-order valence-corrected chi connectivity index (χ3v) is 13.7. The van der Waals surface area contributed by atoms with Gasteiger partial charge in [-0.05, 0) is 89.4 Å². The third-order valence-electron chi connectivity index (χ3n) is 12.3. The van der Waals surface area contributed by atoms with E-state index in [4.69, 9.17) is 9.26 Å². The molecule has 0 aromatic heterocycles. The second-order valence-electron chi connectivity index (χ2n) is 15.1. The molecule has 0 radical (unpaired) electrons. The van der Waals surface area contributed by atoms with Crippen molar-refractivity contribution in [3.05, 3.63) is 23.2 Å². The lowest BCUT2D eigenvalue weighted by Crippen LogP contribution is -2.52. The molecule has 5 aliphatic rings. The van der Waals surface area contributed by atoms with Crippen LogP contribution in [-0.2, 0) is 18.6 Å². The molecule has 3 fully saturated rings. The van der Waals surface area contributed by atoms with Crippen LogP contribution in [0.15, 0.2) is 23.2 Å². The Morgan fingerprint density at radius 2 is 1.83 bits per heavy atom. The first-order chi connectivity index (χ1) is 19.7. The zero-order chi connectivity index (χ0) is 30.6. The smallest absolute Gasteiger partial charge is 0.499 e. The van der Waals surface area contributed by atoms with Crippen LogP contribution in [0.3, 0.4) is 0 Å². The predicted molar refractivity (Wildman–Crippen MR) is 159 cm³/mol. The van der Waals surface area contributed by atoms with E-state index in [-0.39, 0.29) is 18.3 Å². The fraction of sp³-hybridized carbons (Fsp3) is 0.848. The van der Waals surface area contributed by atoms with Crippen molar-refractivity contribution in [2.75, 3.05) is 6.61 Å². The fourth-order valence-electron chi connectivity index (χ4n) is 9.89. The minimum absolute atomic E-state index is 0.0723. The Morgan fingerprint density at radius 1 is 1.10 bits per heavy atom. The van der Waals surface area contributed by atoms with Crippen LogP contribution in [0.1, 0.15) is 105 Å². The number of ether oxygens (including phenoxy) is 1. The zero-order valence-electron chi connectivity index (χ0n) is 26.1. The molecule has 3 saturated carbocycles. The number of hydrogen-bond donors (Lipinski definition) is 4. The van der Waals surface area contributed by atoms with Crippen molar-refractivity contribution >= 4 is 14.0 Å². The first-order valence-corrected chi connectivity index (χ1v) is 17.4. The highest BCUT2D eigenvalue weighted by atomic mass is 31.1. The molecule has 42 heavy (non-hydrogen) atoms. The van der Waals surface area contributed by atoms with E-state index >= 15 is 0 Å². The zero-order valence-corrected chi connectivity index (χ0v) is 26.9. The van der Waals surface area contributed by atoms with Gasteiger partial charge >= 0.3 is 19.3 Å². The average Bonchev–Trinajstić information content (AvgIpc) is 3.44. The lowest BCUT2D eigenvalue weighted by molar-refractivity contribution is -0.147. The van der Waals surface area contributed by atoms with Gasteiger partial charge in [-0.1, -0.05) is 65.5 Å². The normalized spacial score (nSPS) is 41.5. The molecule has 9 heteroatoms. The highest BCUT2D eigenvalue weighted by Gasteiger charge is 2.64. The van der Waals surface area contributed by atoms with Crippen LogP contribution in [0.4, 0.5) is 0 Å². The number of rotatable bonds is 10. The summed E-state index contributed by atoms with van der Waals surface area (Å²) in [5, 5.41) is 39.4. The number of fused-ring (bicyclic) bond motifs is 5. The molecular weight excluding hydrogens is 555 g/mol. The van der Waals surface area contributed by atoms with Crippen molar-refractivity contribution in [2.45, 2.75) is 123 Å². The molecule has 11 atom stereocenters. The van der Waals surface area contributed by atoms with Gasteiger partial charge in [-0.15, -0.1) is 0 Å². The number of allylic oxidation sites excluding steroid dienone is 1. The molecule has 0 saturated heterocycles. The van der Waals surface area contributed by atoms with Gasteiger partial charge in [0.1, 0.15) is 6.10 Å². The van der Waals surface area contributed by atoms with Crippen LogP contribution in [0.5, 0.6) is 0 Å². The second kappa shape index (κ2) is 11.8. The number of esters is 1. The van der Waals surface area contributed by atoms with Gasteiger partial charge in [0, 0.05) is 12.8 Å². The summed E-state index contributed by atoms with van der Waals surface area (Å²) in [6.07, 6.45) is 10.5. The summed E-state index contributed by atoms with van der Waals surface area (Å²) in [6.45, 7) is 11.3. The first-order valence-electron chi connectivity index (χ1n) is 16.3. The minimum atomic E-state index is -2.79. The third kappa shape index (κ3) is 5.37. The number of carbonyl (C=O) groups is 1. The van der Waals surface area contributed by atoms with E-state index in [2.05, 4.69) is 40.7 Å². The maximum absolute atomic E-state index is 13.4. The van der Waals surface area contributed by atoms with Crippen molar-refractivity contribution in [3.63, 3.8) is 0 Å². The molecule has 236 valence electrons. The van der Waals surface area contributed by atoms with E-state index in [1.54, 1.807) is 0 Å². The van der Waals surface area contributed by atoms with Crippen molar-refractivity contribution in [2.24, 2.45) is 46.3 Å². The Hall–Kier alpha value is -1.47. The monoisotopic (exact) mass is 607 g/mol. The van der Waals surface area contributed by atoms with Gasteiger partial charge in [0.15, 0.2) is 6.10 Å². The number of aliphatic hydroxyl groups excluding tert-OH is 3. The fourth-order valence-corrected chi connectivity index (χ4v) is 11.0. The van der Waals surface area contributed by atoms with Crippen LogP contribution in [0.25, 0.3) is 0 Å². The largest absolute Gasteiger partial charge is 0.592 e. The number of hydrogen-bond acceptors (Lipinski definition) is 8. The van der Waals surface area contributed by atoms with E-state index in [1.807, 2.05) is 0 Å². The van der Waals surface area contributed by atoms with Crippen LogP contribution in [0, 0.1) is 46.3 Å². The van der Waals surface area contributed by atoms with Gasteiger partial charge in [-0.25, -0.2) is 9.32 Å². The SMILES string of the molecule is CC(C)CCC[C@@H](C)[C@H]1CC[C@H]2[C@@H]3CC=C4CC(O)([P+](=O)OC5=C(O)C(=O)O[C@@H]5[C@@H](O)CO)CC[C@]4(C)[C@H]3CC[C@]12C. The van der Waals surface area contributed by atoms with Gasteiger partial charge < -0.3 is 25.2 Å².